The van der Waals surface area contributed by atoms with Gasteiger partial charge in [-0.2, -0.15) is 0 Å². The molecule has 0 aromatic carbocycles. The molecule has 74 valence electrons. The van der Waals surface area contributed by atoms with Crippen molar-refractivity contribution in [3.63, 3.8) is 0 Å². The third kappa shape index (κ3) is 2.86. The van der Waals surface area contributed by atoms with Crippen LogP contribution in [0.1, 0.15) is 46.5 Å². The molecule has 0 bridgehead atoms. The van der Waals surface area contributed by atoms with Crippen LogP contribution in [-0.4, -0.2) is 5.66 Å². The predicted molar refractivity (Wildman–Crippen MR) is 51.4 cm³/mol. The summed E-state index contributed by atoms with van der Waals surface area (Å²) in [6.45, 7) is 6.53. The number of hydrogen-bond donors (Lipinski definition) is 0. The van der Waals surface area contributed by atoms with E-state index in [4.69, 9.17) is 0 Å². The van der Waals surface area contributed by atoms with Gasteiger partial charge in [-0.25, -0.2) is 0 Å². The highest BCUT2D eigenvalue weighted by atomic mass is 15.6. The number of nitrogens with zero attached hydrogens (tertiary/aromatic N) is 4. The van der Waals surface area contributed by atoms with Crippen molar-refractivity contribution in [2.75, 3.05) is 0 Å². The summed E-state index contributed by atoms with van der Waals surface area (Å²) in [4.78, 5) is 0. The molecular formula is C9H18N4. The molecule has 0 aromatic rings. The van der Waals surface area contributed by atoms with Crippen LogP contribution in [0.3, 0.4) is 0 Å². The maximum Gasteiger partial charge on any atom is 0.195 e. The van der Waals surface area contributed by atoms with Crippen LogP contribution in [0.4, 0.5) is 0 Å². The Morgan fingerprint density at radius 1 is 1.15 bits per heavy atom. The molecule has 1 heterocycles. The van der Waals surface area contributed by atoms with Crippen molar-refractivity contribution in [3.8, 4) is 0 Å². The van der Waals surface area contributed by atoms with Gasteiger partial charge in [0.25, 0.3) is 0 Å². The first kappa shape index (κ1) is 10.3. The van der Waals surface area contributed by atoms with Crippen molar-refractivity contribution in [2.45, 2.75) is 52.1 Å². The Hall–Kier alpha value is -0.800. The van der Waals surface area contributed by atoms with Gasteiger partial charge in [0.15, 0.2) is 5.66 Å². The fourth-order valence-corrected chi connectivity index (χ4v) is 1.62. The second kappa shape index (κ2) is 4.44. The largest absolute Gasteiger partial charge is 0.195 e. The first-order valence-electron chi connectivity index (χ1n) is 5.02. The third-order valence-corrected chi connectivity index (χ3v) is 2.17. The van der Waals surface area contributed by atoms with Crippen molar-refractivity contribution in [3.05, 3.63) is 0 Å². The zero-order chi connectivity index (χ0) is 9.73. The van der Waals surface area contributed by atoms with Crippen LogP contribution in [0.15, 0.2) is 20.7 Å². The van der Waals surface area contributed by atoms with Gasteiger partial charge in [0.05, 0.1) is 0 Å². The van der Waals surface area contributed by atoms with E-state index in [0.29, 0.717) is 5.92 Å². The van der Waals surface area contributed by atoms with Crippen molar-refractivity contribution in [1.82, 2.24) is 0 Å². The summed E-state index contributed by atoms with van der Waals surface area (Å²) in [6, 6.07) is 0. The minimum Gasteiger partial charge on any atom is -0.135 e. The zero-order valence-electron chi connectivity index (χ0n) is 8.69. The first-order chi connectivity index (χ1) is 6.18. The van der Waals surface area contributed by atoms with E-state index >= 15 is 0 Å². The summed E-state index contributed by atoms with van der Waals surface area (Å²) >= 11 is 0. The van der Waals surface area contributed by atoms with E-state index in [0.717, 1.165) is 19.3 Å². The van der Waals surface area contributed by atoms with Crippen molar-refractivity contribution < 1.29 is 0 Å². The van der Waals surface area contributed by atoms with Gasteiger partial charge < -0.3 is 0 Å². The average Bonchev–Trinajstić information content (AvgIpc) is 2.49. The number of rotatable bonds is 5. The molecule has 1 aliphatic heterocycles. The quantitative estimate of drug-likeness (QED) is 0.621. The van der Waals surface area contributed by atoms with Crippen LogP contribution in [0, 0.1) is 5.92 Å². The number of unbranched alkanes of at least 4 members (excludes halogenated alkanes) is 1. The van der Waals surface area contributed by atoms with E-state index in [1.807, 2.05) is 0 Å². The molecule has 0 saturated carbocycles. The van der Waals surface area contributed by atoms with Crippen LogP contribution < -0.4 is 0 Å². The lowest BCUT2D eigenvalue weighted by Crippen LogP contribution is -2.23. The molecule has 0 aliphatic carbocycles. The molecule has 4 heteroatoms. The zero-order valence-corrected chi connectivity index (χ0v) is 8.69. The third-order valence-electron chi connectivity index (χ3n) is 2.17. The lowest BCUT2D eigenvalue weighted by atomic mass is 9.94. The summed E-state index contributed by atoms with van der Waals surface area (Å²) < 4.78 is 0. The van der Waals surface area contributed by atoms with Gasteiger partial charge in [0.2, 0.25) is 0 Å². The Morgan fingerprint density at radius 2 is 1.77 bits per heavy atom. The smallest absolute Gasteiger partial charge is 0.135 e. The van der Waals surface area contributed by atoms with Gasteiger partial charge in [0, 0.05) is 0 Å². The molecule has 1 aliphatic rings. The average molecular weight is 182 g/mol. The van der Waals surface area contributed by atoms with Gasteiger partial charge in [-0.1, -0.05) is 27.2 Å². The highest BCUT2D eigenvalue weighted by Gasteiger charge is 2.32. The topological polar surface area (TPSA) is 49.4 Å². The molecule has 4 nitrogen and oxygen atoms in total. The van der Waals surface area contributed by atoms with Crippen LogP contribution in [0.5, 0.6) is 0 Å². The molecule has 0 aromatic heterocycles. The van der Waals surface area contributed by atoms with Crippen molar-refractivity contribution in [2.24, 2.45) is 26.6 Å². The molecule has 13 heavy (non-hydrogen) atoms. The molecule has 0 unspecified atom stereocenters. The Morgan fingerprint density at radius 3 is 2.23 bits per heavy atom. The lowest BCUT2D eigenvalue weighted by molar-refractivity contribution is 0.322. The van der Waals surface area contributed by atoms with Gasteiger partial charge in [0.1, 0.15) is 0 Å². The summed E-state index contributed by atoms with van der Waals surface area (Å²) in [6.07, 6.45) is 4.25. The van der Waals surface area contributed by atoms with Crippen LogP contribution >= 0.6 is 0 Å². The molecule has 0 fully saturated rings. The van der Waals surface area contributed by atoms with Crippen molar-refractivity contribution in [1.29, 1.82) is 0 Å². The van der Waals surface area contributed by atoms with Gasteiger partial charge in [-0.05, 0) is 35.6 Å². The van der Waals surface area contributed by atoms with E-state index < -0.39 is 0 Å². The molecular weight excluding hydrogens is 164 g/mol. The van der Waals surface area contributed by atoms with Crippen molar-refractivity contribution >= 4 is 0 Å². The second-order valence-electron chi connectivity index (χ2n) is 4.06. The molecule has 0 spiro atoms. The van der Waals surface area contributed by atoms with E-state index in [1.54, 1.807) is 0 Å². The lowest BCUT2D eigenvalue weighted by Gasteiger charge is -2.21. The van der Waals surface area contributed by atoms with E-state index in [-0.39, 0.29) is 5.66 Å². The fourth-order valence-electron chi connectivity index (χ4n) is 1.62. The SMILES string of the molecule is CCCCC1(CC(C)C)N=NN=N1. The monoisotopic (exact) mass is 182 g/mol. The minimum absolute atomic E-state index is 0.315. The number of hydrogen-bond acceptors (Lipinski definition) is 4. The normalized spacial score (nSPS) is 18.8. The Kier molecular flexibility index (Phi) is 3.51. The molecule has 1 rings (SSSR count). The standard InChI is InChI=1S/C9H18N4/c1-4-5-6-9(7-8(2)3)10-12-13-11-9/h8H,4-7H2,1-3H3. The van der Waals surface area contributed by atoms with E-state index in [2.05, 4.69) is 41.4 Å². The second-order valence-corrected chi connectivity index (χ2v) is 4.06. The summed E-state index contributed by atoms with van der Waals surface area (Å²) in [7, 11) is 0. The maximum atomic E-state index is 4.14. The molecule has 0 amide bonds. The van der Waals surface area contributed by atoms with Gasteiger partial charge in [-0.3, -0.25) is 0 Å². The highest BCUT2D eigenvalue weighted by Crippen LogP contribution is 2.32. The first-order valence-corrected chi connectivity index (χ1v) is 5.02. The van der Waals surface area contributed by atoms with E-state index in [1.165, 1.54) is 6.42 Å². The summed E-state index contributed by atoms with van der Waals surface area (Å²) in [5.74, 6) is 0.591. The Balaban J connectivity index is 2.54. The molecule has 0 N–H and O–H groups in total. The molecule has 0 radical (unpaired) electrons. The summed E-state index contributed by atoms with van der Waals surface area (Å²) in [5.41, 5.74) is -0.315. The van der Waals surface area contributed by atoms with Gasteiger partial charge >= 0.3 is 0 Å². The predicted octanol–water partition coefficient (Wildman–Crippen LogP) is 3.75. The summed E-state index contributed by atoms with van der Waals surface area (Å²) in [5, 5.41) is 15.5. The van der Waals surface area contributed by atoms with E-state index in [9.17, 15) is 0 Å². The van der Waals surface area contributed by atoms with Crippen LogP contribution in [0.25, 0.3) is 0 Å². The Bertz CT molecular complexity index is 196. The van der Waals surface area contributed by atoms with Crippen LogP contribution in [0.2, 0.25) is 0 Å². The van der Waals surface area contributed by atoms with Crippen LogP contribution in [-0.2, 0) is 0 Å². The maximum absolute atomic E-state index is 4.14. The minimum atomic E-state index is -0.315. The van der Waals surface area contributed by atoms with Gasteiger partial charge in [-0.15, -0.1) is 10.2 Å². The fraction of sp³-hybridized carbons (Fsp3) is 1.00. The highest BCUT2D eigenvalue weighted by molar-refractivity contribution is 4.85. The molecule has 0 atom stereocenters. The Labute approximate surface area is 79.5 Å². The molecule has 0 saturated heterocycles.